The third-order valence-corrected chi connectivity index (χ3v) is 5.78. The van der Waals surface area contributed by atoms with Gasteiger partial charge in [0, 0.05) is 50.5 Å². The molecule has 2 fully saturated rings. The van der Waals surface area contributed by atoms with E-state index in [2.05, 4.69) is 21.0 Å². The van der Waals surface area contributed by atoms with E-state index in [-0.39, 0.29) is 0 Å². The summed E-state index contributed by atoms with van der Waals surface area (Å²) >= 11 is 0. The maximum atomic E-state index is 6.10. The minimum atomic E-state index is 0.395. The van der Waals surface area contributed by atoms with Gasteiger partial charge in [-0.05, 0) is 44.4 Å². The smallest absolute Gasteiger partial charge is 0.133 e. The largest absolute Gasteiger partial charge is 0.380 e. The molecule has 1 atom stereocenters. The van der Waals surface area contributed by atoms with Gasteiger partial charge in [-0.25, -0.2) is 4.98 Å². The first-order valence-corrected chi connectivity index (χ1v) is 10.0. The summed E-state index contributed by atoms with van der Waals surface area (Å²) in [5.41, 5.74) is 3.64. The molecule has 0 bridgehead atoms. The Balaban J connectivity index is 1.32. The summed E-state index contributed by atoms with van der Waals surface area (Å²) in [6.07, 6.45) is 7.47. The van der Waals surface area contributed by atoms with Gasteiger partial charge in [0.2, 0.25) is 0 Å². The van der Waals surface area contributed by atoms with Gasteiger partial charge in [0.05, 0.1) is 24.3 Å². The minimum absolute atomic E-state index is 0.395. The van der Waals surface area contributed by atoms with E-state index in [1.165, 1.54) is 37.1 Å². The lowest BCUT2D eigenvalue weighted by atomic mass is 9.98. The Hall–Kier alpha value is -1.66. The van der Waals surface area contributed by atoms with E-state index in [1.54, 1.807) is 0 Å². The Morgan fingerprint density at radius 1 is 1.19 bits per heavy atom. The van der Waals surface area contributed by atoms with Gasteiger partial charge in [-0.3, -0.25) is 4.90 Å². The molecule has 3 aliphatic rings. The van der Waals surface area contributed by atoms with E-state index in [9.17, 15) is 0 Å². The summed E-state index contributed by atoms with van der Waals surface area (Å²) in [5.74, 6) is 2.93. The van der Waals surface area contributed by atoms with Crippen molar-refractivity contribution in [2.24, 2.45) is 11.8 Å². The average Bonchev–Trinajstić information content (AvgIpc) is 3.53. The van der Waals surface area contributed by atoms with Crippen LogP contribution in [0.4, 0.5) is 0 Å². The molecule has 0 spiro atoms. The van der Waals surface area contributed by atoms with Gasteiger partial charge in [-0.15, -0.1) is 0 Å². The van der Waals surface area contributed by atoms with E-state index >= 15 is 0 Å². The molecule has 2 saturated carbocycles. The summed E-state index contributed by atoms with van der Waals surface area (Å²) in [6, 6.07) is 2.03. The lowest BCUT2D eigenvalue weighted by molar-refractivity contribution is 0.0858. The van der Waals surface area contributed by atoms with Crippen LogP contribution in [0.5, 0.6) is 0 Å². The minimum Gasteiger partial charge on any atom is -0.380 e. The molecule has 2 aromatic rings. The number of aryl methyl sites for hydroxylation is 1. The fourth-order valence-corrected chi connectivity index (χ4v) is 4.06. The van der Waals surface area contributed by atoms with Crippen LogP contribution in [-0.2, 0) is 24.4 Å². The highest BCUT2D eigenvalue weighted by Crippen LogP contribution is 2.35. The molecular formula is C20H28N4O2. The first-order chi connectivity index (χ1) is 12.7. The lowest BCUT2D eigenvalue weighted by Crippen LogP contribution is -2.36. The van der Waals surface area contributed by atoms with Crippen molar-refractivity contribution < 1.29 is 9.26 Å². The molecule has 0 aromatic carbocycles. The van der Waals surface area contributed by atoms with Crippen molar-refractivity contribution in [3.63, 3.8) is 0 Å². The number of fused-ring (bicyclic) bond motifs is 1. The third-order valence-electron chi connectivity index (χ3n) is 5.78. The van der Waals surface area contributed by atoms with Crippen molar-refractivity contribution in [2.45, 2.75) is 58.2 Å². The fraction of sp³-hybridized carbons (Fsp3) is 0.700. The highest BCUT2D eigenvalue weighted by molar-refractivity contribution is 5.23. The van der Waals surface area contributed by atoms with E-state index in [0.717, 1.165) is 62.7 Å². The first-order valence-electron chi connectivity index (χ1n) is 10.0. The molecule has 2 aromatic heterocycles. The average molecular weight is 356 g/mol. The van der Waals surface area contributed by atoms with E-state index in [4.69, 9.17) is 14.2 Å². The van der Waals surface area contributed by atoms with Crippen molar-refractivity contribution in [3.8, 4) is 0 Å². The van der Waals surface area contributed by atoms with E-state index in [1.807, 2.05) is 13.0 Å². The molecule has 0 saturated heterocycles. The van der Waals surface area contributed by atoms with Crippen molar-refractivity contribution in [2.75, 3.05) is 19.8 Å². The van der Waals surface area contributed by atoms with Crippen molar-refractivity contribution in [1.29, 1.82) is 0 Å². The molecule has 0 amide bonds. The van der Waals surface area contributed by atoms with Gasteiger partial charge in [0.25, 0.3) is 0 Å². The molecule has 0 unspecified atom stereocenters. The van der Waals surface area contributed by atoms with E-state index in [0.29, 0.717) is 5.92 Å². The van der Waals surface area contributed by atoms with Crippen LogP contribution in [0.1, 0.15) is 54.4 Å². The molecule has 2 aliphatic carbocycles. The molecule has 0 radical (unpaired) electrons. The second-order valence-corrected chi connectivity index (χ2v) is 8.45. The second kappa shape index (κ2) is 6.82. The van der Waals surface area contributed by atoms with Crippen molar-refractivity contribution in [1.82, 2.24) is 19.6 Å². The number of aromatic nitrogens is 3. The maximum absolute atomic E-state index is 6.10. The molecule has 6 nitrogen and oxygen atoms in total. The Morgan fingerprint density at radius 3 is 2.77 bits per heavy atom. The topological polar surface area (TPSA) is 56.3 Å². The monoisotopic (exact) mass is 356 g/mol. The Kier molecular flexibility index (Phi) is 4.33. The Bertz CT molecular complexity index is 760. The summed E-state index contributed by atoms with van der Waals surface area (Å²) in [4.78, 5) is 7.19. The first kappa shape index (κ1) is 16.5. The molecular weight excluding hydrogens is 328 g/mol. The standard InChI is InChI=1S/C20H28N4O2/c1-14-6-18(22-26-14)9-23-8-17(12-25-11-16-4-5-16)20-19(10-23)21-13-24(20)7-15-2-3-15/h6,13,15-17H,2-5,7-12H2,1H3/t17-/m1/s1. The van der Waals surface area contributed by atoms with E-state index < -0.39 is 0 Å². The van der Waals surface area contributed by atoms with Crippen LogP contribution in [0, 0.1) is 18.8 Å². The molecule has 0 N–H and O–H groups in total. The van der Waals surface area contributed by atoms with Gasteiger partial charge in [0.15, 0.2) is 0 Å². The maximum Gasteiger partial charge on any atom is 0.133 e. The van der Waals surface area contributed by atoms with Gasteiger partial charge in [-0.2, -0.15) is 0 Å². The Labute approximate surface area is 154 Å². The molecule has 5 rings (SSSR count). The highest BCUT2D eigenvalue weighted by Gasteiger charge is 2.33. The number of rotatable bonds is 8. The molecule has 6 heteroatoms. The fourth-order valence-electron chi connectivity index (χ4n) is 4.06. The molecule has 3 heterocycles. The van der Waals surface area contributed by atoms with Crippen molar-refractivity contribution >= 4 is 0 Å². The van der Waals surface area contributed by atoms with Crippen LogP contribution in [0.15, 0.2) is 16.9 Å². The zero-order chi connectivity index (χ0) is 17.5. The van der Waals surface area contributed by atoms with Crippen LogP contribution in [0.25, 0.3) is 0 Å². The van der Waals surface area contributed by atoms with Gasteiger partial charge < -0.3 is 13.8 Å². The number of hydrogen-bond acceptors (Lipinski definition) is 5. The predicted molar refractivity (Wildman–Crippen MR) is 96.6 cm³/mol. The second-order valence-electron chi connectivity index (χ2n) is 8.45. The number of ether oxygens (including phenoxy) is 1. The summed E-state index contributed by atoms with van der Waals surface area (Å²) in [5, 5.41) is 4.16. The summed E-state index contributed by atoms with van der Waals surface area (Å²) < 4.78 is 13.7. The summed E-state index contributed by atoms with van der Waals surface area (Å²) in [6.45, 7) is 7.49. The third kappa shape index (κ3) is 3.71. The van der Waals surface area contributed by atoms with Crippen molar-refractivity contribution in [3.05, 3.63) is 35.2 Å². The van der Waals surface area contributed by atoms with Crippen LogP contribution in [-0.4, -0.2) is 39.4 Å². The highest BCUT2D eigenvalue weighted by atomic mass is 16.5. The molecule has 140 valence electrons. The molecule has 1 aliphatic heterocycles. The van der Waals surface area contributed by atoms with Gasteiger partial charge in [-0.1, -0.05) is 5.16 Å². The Morgan fingerprint density at radius 2 is 2.04 bits per heavy atom. The quantitative estimate of drug-likeness (QED) is 0.727. The van der Waals surface area contributed by atoms with Crippen LogP contribution in [0.2, 0.25) is 0 Å². The SMILES string of the molecule is Cc1cc(CN2Cc3ncn(CC4CC4)c3[C@@H](COCC3CC3)C2)no1. The lowest BCUT2D eigenvalue weighted by Gasteiger charge is -2.32. The van der Waals surface area contributed by atoms with Crippen LogP contribution in [0.3, 0.4) is 0 Å². The normalized spacial score (nSPS) is 23.3. The number of imidazole rings is 1. The zero-order valence-corrected chi connectivity index (χ0v) is 15.6. The van der Waals surface area contributed by atoms with Gasteiger partial charge in [0.1, 0.15) is 5.76 Å². The predicted octanol–water partition coefficient (Wildman–Crippen LogP) is 3.12. The zero-order valence-electron chi connectivity index (χ0n) is 15.6. The number of hydrogen-bond donors (Lipinski definition) is 0. The van der Waals surface area contributed by atoms with Crippen LogP contribution < -0.4 is 0 Å². The van der Waals surface area contributed by atoms with Crippen LogP contribution >= 0.6 is 0 Å². The number of nitrogens with zero attached hydrogens (tertiary/aromatic N) is 4. The molecule has 26 heavy (non-hydrogen) atoms. The summed E-state index contributed by atoms with van der Waals surface area (Å²) in [7, 11) is 0. The van der Waals surface area contributed by atoms with Gasteiger partial charge >= 0.3 is 0 Å².